The summed E-state index contributed by atoms with van der Waals surface area (Å²) >= 11 is 1.56. The van der Waals surface area contributed by atoms with Crippen molar-refractivity contribution in [3.05, 3.63) is 41.2 Å². The lowest BCUT2D eigenvalue weighted by atomic mass is 10.2. The van der Waals surface area contributed by atoms with E-state index in [4.69, 9.17) is 5.73 Å². The van der Waals surface area contributed by atoms with Crippen LogP contribution < -0.4 is 5.73 Å². The van der Waals surface area contributed by atoms with Crippen LogP contribution in [0.1, 0.15) is 5.69 Å². The minimum absolute atomic E-state index is 0.225. The molecule has 0 bridgehead atoms. The molecule has 1 heterocycles. The summed E-state index contributed by atoms with van der Waals surface area (Å²) < 4.78 is 12.7. The molecule has 0 unspecified atom stereocenters. The molecule has 0 saturated heterocycles. The van der Waals surface area contributed by atoms with Crippen molar-refractivity contribution in [1.82, 2.24) is 4.98 Å². The first kappa shape index (κ1) is 10.3. The zero-order chi connectivity index (χ0) is 10.7. The van der Waals surface area contributed by atoms with Gasteiger partial charge in [0.25, 0.3) is 0 Å². The highest BCUT2D eigenvalue weighted by molar-refractivity contribution is 7.13. The van der Waals surface area contributed by atoms with E-state index in [1.54, 1.807) is 23.5 Å². The summed E-state index contributed by atoms with van der Waals surface area (Å²) in [4.78, 5) is 4.42. The maximum atomic E-state index is 12.7. The van der Waals surface area contributed by atoms with Crippen LogP contribution in [0.2, 0.25) is 0 Å². The fraction of sp³-hybridized carbons (Fsp3) is 0.182. The van der Waals surface area contributed by atoms with Crippen LogP contribution in [-0.2, 0) is 6.42 Å². The van der Waals surface area contributed by atoms with E-state index in [2.05, 4.69) is 4.98 Å². The predicted octanol–water partition coefficient (Wildman–Crippen LogP) is 2.45. The van der Waals surface area contributed by atoms with Gasteiger partial charge in [-0.1, -0.05) is 0 Å². The molecule has 0 amide bonds. The number of hydrogen-bond donors (Lipinski definition) is 1. The average Bonchev–Trinajstić information content (AvgIpc) is 2.68. The molecule has 0 aliphatic heterocycles. The minimum Gasteiger partial charge on any atom is -0.330 e. The van der Waals surface area contributed by atoms with Gasteiger partial charge in [-0.25, -0.2) is 9.37 Å². The lowest BCUT2D eigenvalue weighted by Crippen LogP contribution is -2.02. The Morgan fingerprint density at radius 3 is 2.67 bits per heavy atom. The van der Waals surface area contributed by atoms with Crippen molar-refractivity contribution in [2.45, 2.75) is 6.42 Å². The molecule has 0 saturated carbocycles. The van der Waals surface area contributed by atoms with Gasteiger partial charge in [-0.05, 0) is 30.8 Å². The standard InChI is InChI=1S/C11H11FN2S/c12-9-3-1-8(2-4-9)11-14-10(5-6-13)7-15-11/h1-4,7H,5-6,13H2. The van der Waals surface area contributed by atoms with Crippen LogP contribution in [0.3, 0.4) is 0 Å². The Kier molecular flexibility index (Phi) is 3.08. The molecule has 0 radical (unpaired) electrons. The monoisotopic (exact) mass is 222 g/mol. The lowest BCUT2D eigenvalue weighted by Gasteiger charge is -1.95. The van der Waals surface area contributed by atoms with Gasteiger partial charge < -0.3 is 5.73 Å². The van der Waals surface area contributed by atoms with Crippen molar-refractivity contribution in [1.29, 1.82) is 0 Å². The van der Waals surface area contributed by atoms with Crippen molar-refractivity contribution in [2.75, 3.05) is 6.54 Å². The largest absolute Gasteiger partial charge is 0.330 e. The van der Waals surface area contributed by atoms with E-state index in [1.165, 1.54) is 12.1 Å². The van der Waals surface area contributed by atoms with Gasteiger partial charge in [-0.3, -0.25) is 0 Å². The Bertz CT molecular complexity index is 436. The molecule has 78 valence electrons. The van der Waals surface area contributed by atoms with Crippen LogP contribution in [-0.4, -0.2) is 11.5 Å². The highest BCUT2D eigenvalue weighted by Gasteiger charge is 2.03. The molecule has 0 aliphatic rings. The Labute approximate surface area is 91.6 Å². The number of aromatic nitrogens is 1. The SMILES string of the molecule is NCCc1csc(-c2ccc(F)cc2)n1. The summed E-state index contributed by atoms with van der Waals surface area (Å²) in [5, 5.41) is 2.91. The van der Waals surface area contributed by atoms with Crippen molar-refractivity contribution >= 4 is 11.3 Å². The van der Waals surface area contributed by atoms with Crippen molar-refractivity contribution < 1.29 is 4.39 Å². The third-order valence-corrected chi connectivity index (χ3v) is 2.98. The van der Waals surface area contributed by atoms with Gasteiger partial charge in [-0.2, -0.15) is 0 Å². The molecule has 2 nitrogen and oxygen atoms in total. The van der Waals surface area contributed by atoms with E-state index in [-0.39, 0.29) is 5.82 Å². The highest BCUT2D eigenvalue weighted by atomic mass is 32.1. The number of benzene rings is 1. The summed E-state index contributed by atoms with van der Waals surface area (Å²) in [6.07, 6.45) is 0.789. The van der Waals surface area contributed by atoms with E-state index in [0.717, 1.165) is 22.7 Å². The summed E-state index contributed by atoms with van der Waals surface area (Å²) in [6, 6.07) is 6.36. The second-order valence-corrected chi connectivity index (χ2v) is 4.05. The molecule has 0 fully saturated rings. The summed E-state index contributed by atoms with van der Waals surface area (Å²) in [5.74, 6) is -0.225. The Hall–Kier alpha value is -1.26. The van der Waals surface area contributed by atoms with Gasteiger partial charge in [0.05, 0.1) is 5.69 Å². The summed E-state index contributed by atoms with van der Waals surface area (Å²) in [7, 11) is 0. The van der Waals surface area contributed by atoms with Gasteiger partial charge in [0, 0.05) is 17.4 Å². The Morgan fingerprint density at radius 2 is 2.00 bits per heavy atom. The third-order valence-electron chi connectivity index (χ3n) is 2.04. The number of rotatable bonds is 3. The maximum absolute atomic E-state index is 12.7. The average molecular weight is 222 g/mol. The van der Waals surface area contributed by atoms with Crippen molar-refractivity contribution in [3.8, 4) is 10.6 Å². The Morgan fingerprint density at radius 1 is 1.27 bits per heavy atom. The molecule has 1 aromatic heterocycles. The zero-order valence-electron chi connectivity index (χ0n) is 8.11. The van der Waals surface area contributed by atoms with Crippen LogP contribution in [0.4, 0.5) is 4.39 Å². The minimum atomic E-state index is -0.225. The topological polar surface area (TPSA) is 38.9 Å². The first-order valence-electron chi connectivity index (χ1n) is 4.70. The molecule has 2 aromatic rings. The van der Waals surface area contributed by atoms with Crippen LogP contribution in [0, 0.1) is 5.82 Å². The summed E-state index contributed by atoms with van der Waals surface area (Å²) in [6.45, 7) is 0.604. The van der Waals surface area contributed by atoms with Crippen LogP contribution in [0.5, 0.6) is 0 Å². The second kappa shape index (κ2) is 4.51. The van der Waals surface area contributed by atoms with Crippen molar-refractivity contribution in [2.24, 2.45) is 5.73 Å². The first-order chi connectivity index (χ1) is 7.29. The quantitative estimate of drug-likeness (QED) is 0.866. The van der Waals surface area contributed by atoms with E-state index >= 15 is 0 Å². The van der Waals surface area contributed by atoms with Crippen molar-refractivity contribution in [3.63, 3.8) is 0 Å². The summed E-state index contributed by atoms with van der Waals surface area (Å²) in [5.41, 5.74) is 7.39. The van der Waals surface area contributed by atoms with Gasteiger partial charge in [0.2, 0.25) is 0 Å². The fourth-order valence-corrected chi connectivity index (χ4v) is 2.16. The number of nitrogens with zero attached hydrogens (tertiary/aromatic N) is 1. The number of hydrogen-bond acceptors (Lipinski definition) is 3. The third kappa shape index (κ3) is 2.40. The number of thiazole rings is 1. The molecule has 0 spiro atoms. The molecule has 4 heteroatoms. The van der Waals surface area contributed by atoms with Gasteiger partial charge in [-0.15, -0.1) is 11.3 Å². The lowest BCUT2D eigenvalue weighted by molar-refractivity contribution is 0.628. The normalized spacial score (nSPS) is 10.5. The van der Waals surface area contributed by atoms with Crippen LogP contribution in [0.15, 0.2) is 29.6 Å². The number of nitrogens with two attached hydrogens (primary N) is 1. The number of halogens is 1. The maximum Gasteiger partial charge on any atom is 0.123 e. The molecule has 2 rings (SSSR count). The molecule has 2 N–H and O–H groups in total. The van der Waals surface area contributed by atoms with E-state index < -0.39 is 0 Å². The highest BCUT2D eigenvalue weighted by Crippen LogP contribution is 2.23. The molecule has 15 heavy (non-hydrogen) atoms. The fourth-order valence-electron chi connectivity index (χ4n) is 1.29. The van der Waals surface area contributed by atoms with Gasteiger partial charge in [0.1, 0.15) is 10.8 Å². The van der Waals surface area contributed by atoms with Crippen LogP contribution >= 0.6 is 11.3 Å². The molecule has 0 aliphatic carbocycles. The molecule has 0 atom stereocenters. The van der Waals surface area contributed by atoms with Crippen LogP contribution in [0.25, 0.3) is 10.6 Å². The first-order valence-corrected chi connectivity index (χ1v) is 5.58. The second-order valence-electron chi connectivity index (χ2n) is 3.19. The van der Waals surface area contributed by atoms with E-state index in [0.29, 0.717) is 6.54 Å². The van der Waals surface area contributed by atoms with E-state index in [1.807, 2.05) is 5.38 Å². The van der Waals surface area contributed by atoms with E-state index in [9.17, 15) is 4.39 Å². The smallest absolute Gasteiger partial charge is 0.123 e. The Balaban J connectivity index is 2.25. The van der Waals surface area contributed by atoms with Gasteiger partial charge >= 0.3 is 0 Å². The molecular weight excluding hydrogens is 211 g/mol. The zero-order valence-corrected chi connectivity index (χ0v) is 8.93. The molecular formula is C11H11FN2S. The van der Waals surface area contributed by atoms with Gasteiger partial charge in [0.15, 0.2) is 0 Å². The predicted molar refractivity (Wildman–Crippen MR) is 60.3 cm³/mol. The molecule has 1 aromatic carbocycles.